The lowest BCUT2D eigenvalue weighted by Crippen LogP contribution is -2.56. The first-order chi connectivity index (χ1) is 17.3. The molecule has 0 atom stereocenters. The Kier molecular flexibility index (Phi) is 5.72. The third kappa shape index (κ3) is 3.94. The molecule has 190 valence electrons. The van der Waals surface area contributed by atoms with Crippen molar-refractivity contribution in [1.82, 2.24) is 34.0 Å². The van der Waals surface area contributed by atoms with Crippen LogP contribution in [0.1, 0.15) is 39.3 Å². The summed E-state index contributed by atoms with van der Waals surface area (Å²) < 4.78 is 9.93. The summed E-state index contributed by atoms with van der Waals surface area (Å²) in [5.74, 6) is 4.21. The lowest BCUT2D eigenvalue weighted by atomic mass is 9.90. The Morgan fingerprint density at radius 1 is 0.972 bits per heavy atom. The third-order valence-electron chi connectivity index (χ3n) is 7.62. The Balaban J connectivity index is 1.46. The molecule has 4 aromatic rings. The van der Waals surface area contributed by atoms with Gasteiger partial charge in [-0.1, -0.05) is 19.1 Å². The number of aromatic nitrogens is 6. The molecular formula is C27H36N8O. The summed E-state index contributed by atoms with van der Waals surface area (Å²) in [4.78, 5) is 25.1. The van der Waals surface area contributed by atoms with Crippen molar-refractivity contribution in [3.8, 4) is 5.95 Å². The lowest BCUT2D eigenvalue weighted by Gasteiger charge is -2.47. The summed E-state index contributed by atoms with van der Waals surface area (Å²) in [5.41, 5.74) is 3.97. The van der Waals surface area contributed by atoms with Crippen LogP contribution in [-0.4, -0.2) is 78.9 Å². The van der Waals surface area contributed by atoms with E-state index in [1.54, 1.807) is 0 Å². The van der Waals surface area contributed by atoms with Gasteiger partial charge in [0.2, 0.25) is 5.95 Å². The normalized spacial score (nSPS) is 17.9. The predicted molar refractivity (Wildman–Crippen MR) is 142 cm³/mol. The van der Waals surface area contributed by atoms with Crippen molar-refractivity contribution in [1.29, 1.82) is 0 Å². The minimum absolute atomic E-state index is 0.220. The van der Waals surface area contributed by atoms with E-state index in [1.807, 2.05) is 18.2 Å². The quantitative estimate of drug-likeness (QED) is 0.426. The molecule has 0 aliphatic carbocycles. The van der Waals surface area contributed by atoms with Crippen molar-refractivity contribution >= 4 is 28.0 Å². The van der Waals surface area contributed by atoms with Crippen LogP contribution < -0.4 is 4.90 Å². The highest BCUT2D eigenvalue weighted by Crippen LogP contribution is 2.31. The number of imidazole rings is 2. The van der Waals surface area contributed by atoms with Gasteiger partial charge < -0.3 is 14.2 Å². The molecule has 0 N–H and O–H groups in total. The molecule has 3 aromatic heterocycles. The van der Waals surface area contributed by atoms with E-state index < -0.39 is 0 Å². The monoisotopic (exact) mass is 488 g/mol. The number of nitrogens with zero attached hydrogens (tertiary/aromatic N) is 8. The van der Waals surface area contributed by atoms with Crippen molar-refractivity contribution < 1.29 is 4.74 Å². The standard InChI is InChI=1S/C27H36N8O/c1-6-21-28-19-9-7-8-10-20(19)35(21)26-30-24-23(25(31-26)33-11-13-36-14-12-33)29-22(32(24)5)15-18-16-34(17-18)27(2,3)4/h7-10,18H,6,11-17H2,1-5H3. The zero-order valence-corrected chi connectivity index (χ0v) is 22.0. The first kappa shape index (κ1) is 23.4. The Hall–Kier alpha value is -3.04. The molecule has 6 rings (SSSR count). The van der Waals surface area contributed by atoms with Gasteiger partial charge in [-0.15, -0.1) is 0 Å². The number of para-hydroxylation sites is 2. The van der Waals surface area contributed by atoms with Crippen molar-refractivity contribution in [3.63, 3.8) is 0 Å². The first-order valence-electron chi connectivity index (χ1n) is 13.1. The van der Waals surface area contributed by atoms with Crippen LogP contribution in [0.4, 0.5) is 5.82 Å². The highest BCUT2D eigenvalue weighted by Gasteiger charge is 2.35. The molecule has 36 heavy (non-hydrogen) atoms. The molecule has 0 radical (unpaired) electrons. The number of hydrogen-bond acceptors (Lipinski definition) is 7. The fourth-order valence-electron chi connectivity index (χ4n) is 5.40. The molecular weight excluding hydrogens is 452 g/mol. The maximum Gasteiger partial charge on any atom is 0.239 e. The minimum atomic E-state index is 0.220. The second-order valence-electron chi connectivity index (χ2n) is 11.1. The van der Waals surface area contributed by atoms with Crippen LogP contribution in [-0.2, 0) is 24.6 Å². The molecule has 5 heterocycles. The summed E-state index contributed by atoms with van der Waals surface area (Å²) in [5, 5.41) is 0. The van der Waals surface area contributed by atoms with Crippen LogP contribution in [0.2, 0.25) is 0 Å². The van der Waals surface area contributed by atoms with Gasteiger partial charge in [-0.3, -0.25) is 9.47 Å². The average molecular weight is 489 g/mol. The van der Waals surface area contributed by atoms with Crippen LogP contribution >= 0.6 is 0 Å². The van der Waals surface area contributed by atoms with E-state index in [4.69, 9.17) is 24.7 Å². The highest BCUT2D eigenvalue weighted by molar-refractivity contribution is 5.86. The van der Waals surface area contributed by atoms with Gasteiger partial charge in [-0.2, -0.15) is 9.97 Å². The fraction of sp³-hybridized carbons (Fsp3) is 0.556. The maximum absolute atomic E-state index is 5.64. The summed E-state index contributed by atoms with van der Waals surface area (Å²) in [6.45, 7) is 14.2. The maximum atomic E-state index is 5.64. The molecule has 9 nitrogen and oxygen atoms in total. The molecule has 0 spiro atoms. The Morgan fingerprint density at radius 2 is 1.72 bits per heavy atom. The van der Waals surface area contributed by atoms with Crippen molar-refractivity contribution in [3.05, 3.63) is 35.9 Å². The molecule has 2 aliphatic heterocycles. The molecule has 0 amide bonds. The number of likely N-dealkylation sites (tertiary alicyclic amines) is 1. The SMILES string of the molecule is CCc1nc2ccccc2n1-c1nc(N2CCOCC2)c2nc(CC3CN(C(C)(C)C)C3)n(C)c2n1. The average Bonchev–Trinajstić information content (AvgIpc) is 3.37. The van der Waals surface area contributed by atoms with Crippen molar-refractivity contribution in [2.75, 3.05) is 44.3 Å². The van der Waals surface area contributed by atoms with Gasteiger partial charge >= 0.3 is 0 Å². The summed E-state index contributed by atoms with van der Waals surface area (Å²) in [6.07, 6.45) is 1.75. The lowest BCUT2D eigenvalue weighted by molar-refractivity contribution is 0.0134. The van der Waals surface area contributed by atoms with Crippen LogP contribution in [0.5, 0.6) is 0 Å². The molecule has 2 saturated heterocycles. The van der Waals surface area contributed by atoms with E-state index in [2.05, 4.69) is 59.7 Å². The van der Waals surface area contributed by atoms with Crippen LogP contribution in [0.3, 0.4) is 0 Å². The topological polar surface area (TPSA) is 77.1 Å². The molecule has 2 aliphatic rings. The first-order valence-corrected chi connectivity index (χ1v) is 13.1. The number of rotatable bonds is 5. The molecule has 0 saturated carbocycles. The van der Waals surface area contributed by atoms with E-state index in [0.717, 1.165) is 78.7 Å². The highest BCUT2D eigenvalue weighted by atomic mass is 16.5. The Morgan fingerprint density at radius 3 is 2.44 bits per heavy atom. The van der Waals surface area contributed by atoms with Gasteiger partial charge in [-0.05, 0) is 38.8 Å². The van der Waals surface area contributed by atoms with E-state index in [1.165, 1.54) is 0 Å². The second-order valence-corrected chi connectivity index (χ2v) is 11.1. The number of hydrogen-bond donors (Lipinski definition) is 0. The van der Waals surface area contributed by atoms with Crippen molar-refractivity contribution in [2.45, 2.75) is 46.1 Å². The van der Waals surface area contributed by atoms with Crippen LogP contribution in [0, 0.1) is 5.92 Å². The van der Waals surface area contributed by atoms with Crippen LogP contribution in [0.15, 0.2) is 24.3 Å². The van der Waals surface area contributed by atoms with Gasteiger partial charge in [0.15, 0.2) is 17.0 Å². The van der Waals surface area contributed by atoms with Gasteiger partial charge in [0, 0.05) is 51.6 Å². The number of morpholine rings is 1. The summed E-state index contributed by atoms with van der Waals surface area (Å²) in [7, 11) is 2.09. The number of ether oxygens (including phenoxy) is 1. The van der Waals surface area contributed by atoms with E-state index in [0.29, 0.717) is 25.1 Å². The fourth-order valence-corrected chi connectivity index (χ4v) is 5.40. The summed E-state index contributed by atoms with van der Waals surface area (Å²) >= 11 is 0. The van der Waals surface area contributed by atoms with E-state index in [9.17, 15) is 0 Å². The van der Waals surface area contributed by atoms with Gasteiger partial charge in [0.05, 0.1) is 24.2 Å². The number of aryl methyl sites for hydroxylation is 2. The van der Waals surface area contributed by atoms with Gasteiger partial charge in [-0.25, -0.2) is 9.97 Å². The van der Waals surface area contributed by atoms with E-state index in [-0.39, 0.29) is 5.54 Å². The van der Waals surface area contributed by atoms with Crippen LogP contribution in [0.25, 0.3) is 28.1 Å². The third-order valence-corrected chi connectivity index (χ3v) is 7.62. The zero-order valence-electron chi connectivity index (χ0n) is 22.0. The number of anilines is 1. The van der Waals surface area contributed by atoms with E-state index >= 15 is 0 Å². The smallest absolute Gasteiger partial charge is 0.239 e. The largest absolute Gasteiger partial charge is 0.378 e. The molecule has 2 fully saturated rings. The molecule has 0 bridgehead atoms. The number of benzene rings is 1. The molecule has 9 heteroatoms. The molecule has 1 aromatic carbocycles. The summed E-state index contributed by atoms with van der Waals surface area (Å²) in [6, 6.07) is 8.21. The zero-order chi connectivity index (χ0) is 25.0. The van der Waals surface area contributed by atoms with Crippen molar-refractivity contribution in [2.24, 2.45) is 13.0 Å². The van der Waals surface area contributed by atoms with Gasteiger partial charge in [0.25, 0.3) is 0 Å². The molecule has 0 unspecified atom stereocenters. The van der Waals surface area contributed by atoms with Gasteiger partial charge in [0.1, 0.15) is 11.6 Å². The minimum Gasteiger partial charge on any atom is -0.378 e. The number of fused-ring (bicyclic) bond motifs is 2. The second kappa shape index (κ2) is 8.81. The Labute approximate surface area is 212 Å². The Bertz CT molecular complexity index is 1400. The predicted octanol–water partition coefficient (Wildman–Crippen LogP) is 3.37.